The number of nitrogens with zero attached hydrogens (tertiary/aromatic N) is 5. The topological polar surface area (TPSA) is 65.7 Å². The molecule has 0 aliphatic rings. The molecule has 0 unspecified atom stereocenters. The zero-order chi connectivity index (χ0) is 16.6. The van der Waals surface area contributed by atoms with Gasteiger partial charge in [-0.15, -0.1) is 10.2 Å². The Bertz CT molecular complexity index is 836. The number of aromatic nitrogens is 5. The minimum absolute atomic E-state index is 0.125. The second kappa shape index (κ2) is 5.88. The molecular formula is C16H18BrN5O. The summed E-state index contributed by atoms with van der Waals surface area (Å²) in [5, 5.41) is 16.5. The maximum absolute atomic E-state index is 5.78. The van der Waals surface area contributed by atoms with Crippen LogP contribution in [0.1, 0.15) is 26.5 Å². The fourth-order valence-corrected chi connectivity index (χ4v) is 2.68. The molecule has 0 saturated heterocycles. The third-order valence-electron chi connectivity index (χ3n) is 3.20. The molecule has 120 valence electrons. The fraction of sp³-hybridized carbons (Fsp3) is 0.375. The number of hydrogen-bond donors (Lipinski definition) is 0. The SMILES string of the molecule is Cc1ccc(Oc2ccc3c(nnn3CC(C)(C)C)c2Br)nn1. The molecule has 0 fully saturated rings. The van der Waals surface area contributed by atoms with Crippen LogP contribution in [0.2, 0.25) is 0 Å². The Morgan fingerprint density at radius 2 is 1.87 bits per heavy atom. The van der Waals surface area contributed by atoms with E-state index < -0.39 is 0 Å². The number of aryl methyl sites for hydroxylation is 1. The average Bonchev–Trinajstić information content (AvgIpc) is 2.86. The van der Waals surface area contributed by atoms with E-state index in [0.717, 1.165) is 27.7 Å². The Morgan fingerprint density at radius 1 is 1.09 bits per heavy atom. The third-order valence-corrected chi connectivity index (χ3v) is 3.97. The highest BCUT2D eigenvalue weighted by atomic mass is 79.9. The number of hydrogen-bond acceptors (Lipinski definition) is 5. The van der Waals surface area contributed by atoms with E-state index in [1.807, 2.05) is 29.8 Å². The largest absolute Gasteiger partial charge is 0.436 e. The quantitative estimate of drug-likeness (QED) is 0.688. The Morgan fingerprint density at radius 3 is 2.52 bits per heavy atom. The van der Waals surface area contributed by atoms with Gasteiger partial charge in [-0.3, -0.25) is 0 Å². The van der Waals surface area contributed by atoms with Crippen molar-refractivity contribution in [2.75, 3.05) is 0 Å². The van der Waals surface area contributed by atoms with Crippen molar-refractivity contribution in [3.63, 3.8) is 0 Å². The summed E-state index contributed by atoms with van der Waals surface area (Å²) in [6, 6.07) is 7.49. The van der Waals surface area contributed by atoms with E-state index in [2.05, 4.69) is 57.2 Å². The third kappa shape index (κ3) is 3.50. The van der Waals surface area contributed by atoms with Crippen molar-refractivity contribution in [1.82, 2.24) is 25.2 Å². The van der Waals surface area contributed by atoms with Crippen LogP contribution in [0.15, 0.2) is 28.7 Å². The maximum Gasteiger partial charge on any atom is 0.238 e. The van der Waals surface area contributed by atoms with Crippen molar-refractivity contribution >= 4 is 27.0 Å². The van der Waals surface area contributed by atoms with Crippen LogP contribution < -0.4 is 4.74 Å². The predicted molar refractivity (Wildman–Crippen MR) is 91.5 cm³/mol. The first-order chi connectivity index (χ1) is 10.8. The molecule has 0 aliphatic carbocycles. The van der Waals surface area contributed by atoms with E-state index in [9.17, 15) is 0 Å². The summed E-state index contributed by atoms with van der Waals surface area (Å²) in [5.74, 6) is 1.08. The summed E-state index contributed by atoms with van der Waals surface area (Å²) in [5.41, 5.74) is 2.71. The number of fused-ring (bicyclic) bond motifs is 1. The molecule has 7 heteroatoms. The molecule has 1 aromatic carbocycles. The van der Waals surface area contributed by atoms with Crippen LogP contribution in [0.5, 0.6) is 11.6 Å². The monoisotopic (exact) mass is 375 g/mol. The van der Waals surface area contributed by atoms with Crippen LogP contribution in [-0.4, -0.2) is 25.2 Å². The van der Waals surface area contributed by atoms with Crippen LogP contribution in [0.4, 0.5) is 0 Å². The van der Waals surface area contributed by atoms with Crippen molar-refractivity contribution in [2.45, 2.75) is 34.2 Å². The molecule has 0 saturated carbocycles. The average molecular weight is 376 g/mol. The molecule has 0 N–H and O–H groups in total. The normalized spacial score (nSPS) is 11.9. The molecule has 3 aromatic rings. The van der Waals surface area contributed by atoms with E-state index in [4.69, 9.17) is 4.74 Å². The van der Waals surface area contributed by atoms with Gasteiger partial charge in [0.25, 0.3) is 0 Å². The highest BCUT2D eigenvalue weighted by Gasteiger charge is 2.17. The van der Waals surface area contributed by atoms with Crippen LogP contribution in [0, 0.1) is 12.3 Å². The summed E-state index contributed by atoms with van der Waals surface area (Å²) in [4.78, 5) is 0. The molecule has 0 atom stereocenters. The Balaban J connectivity index is 1.95. The molecular weight excluding hydrogens is 358 g/mol. The van der Waals surface area contributed by atoms with Gasteiger partial charge in [-0.2, -0.15) is 5.10 Å². The van der Waals surface area contributed by atoms with Gasteiger partial charge >= 0.3 is 0 Å². The fourth-order valence-electron chi connectivity index (χ4n) is 2.18. The van der Waals surface area contributed by atoms with Crippen molar-refractivity contribution in [2.24, 2.45) is 5.41 Å². The minimum Gasteiger partial charge on any atom is -0.436 e. The lowest BCUT2D eigenvalue weighted by Gasteiger charge is -2.17. The smallest absolute Gasteiger partial charge is 0.238 e. The van der Waals surface area contributed by atoms with E-state index >= 15 is 0 Å². The number of halogens is 1. The van der Waals surface area contributed by atoms with Gasteiger partial charge in [-0.25, -0.2) is 4.68 Å². The molecule has 2 aromatic heterocycles. The van der Waals surface area contributed by atoms with Crippen LogP contribution in [0.25, 0.3) is 11.0 Å². The number of benzene rings is 1. The van der Waals surface area contributed by atoms with E-state index in [1.165, 1.54) is 0 Å². The van der Waals surface area contributed by atoms with Crippen molar-refractivity contribution in [3.05, 3.63) is 34.4 Å². The lowest BCUT2D eigenvalue weighted by Crippen LogP contribution is -2.16. The van der Waals surface area contributed by atoms with Crippen LogP contribution >= 0.6 is 15.9 Å². The van der Waals surface area contributed by atoms with Gasteiger partial charge < -0.3 is 4.74 Å². The lowest BCUT2D eigenvalue weighted by atomic mass is 9.97. The van der Waals surface area contributed by atoms with Gasteiger partial charge in [-0.05, 0) is 46.5 Å². The first-order valence-corrected chi connectivity index (χ1v) is 8.13. The molecule has 0 bridgehead atoms. The molecule has 0 aliphatic heterocycles. The van der Waals surface area contributed by atoms with Crippen molar-refractivity contribution in [1.29, 1.82) is 0 Å². The van der Waals surface area contributed by atoms with Crippen molar-refractivity contribution in [3.8, 4) is 11.6 Å². The first kappa shape index (κ1) is 15.9. The van der Waals surface area contributed by atoms with Gasteiger partial charge in [0.1, 0.15) is 11.3 Å². The second-order valence-corrected chi connectivity index (χ2v) is 7.46. The Kier molecular flexibility index (Phi) is 4.06. The minimum atomic E-state index is 0.125. The van der Waals surface area contributed by atoms with Crippen molar-refractivity contribution < 1.29 is 4.74 Å². The summed E-state index contributed by atoms with van der Waals surface area (Å²) in [6.07, 6.45) is 0. The molecule has 0 radical (unpaired) electrons. The predicted octanol–water partition coefficient (Wildman–Crippen LogP) is 4.13. The first-order valence-electron chi connectivity index (χ1n) is 7.33. The van der Waals surface area contributed by atoms with E-state index in [-0.39, 0.29) is 5.41 Å². The number of rotatable bonds is 3. The van der Waals surface area contributed by atoms with Gasteiger partial charge in [0, 0.05) is 12.6 Å². The summed E-state index contributed by atoms with van der Waals surface area (Å²) < 4.78 is 8.46. The molecule has 23 heavy (non-hydrogen) atoms. The highest BCUT2D eigenvalue weighted by Crippen LogP contribution is 2.34. The molecule has 2 heterocycles. The van der Waals surface area contributed by atoms with Crippen LogP contribution in [-0.2, 0) is 6.54 Å². The number of ether oxygens (including phenoxy) is 1. The van der Waals surface area contributed by atoms with Gasteiger partial charge in [0.05, 0.1) is 15.7 Å². The Labute approximate surface area is 143 Å². The highest BCUT2D eigenvalue weighted by molar-refractivity contribution is 9.10. The molecule has 0 spiro atoms. The summed E-state index contributed by atoms with van der Waals surface area (Å²) in [6.45, 7) is 9.18. The molecule has 6 nitrogen and oxygen atoms in total. The zero-order valence-electron chi connectivity index (χ0n) is 13.5. The van der Waals surface area contributed by atoms with Gasteiger partial charge in [0.15, 0.2) is 0 Å². The lowest BCUT2D eigenvalue weighted by molar-refractivity contribution is 0.327. The standard InChI is InChI=1S/C16H18BrN5O/c1-10-5-8-13(19-18-10)23-12-7-6-11-15(14(12)17)20-21-22(11)9-16(2,3)4/h5-8H,9H2,1-4H3. The Hall–Kier alpha value is -2.02. The maximum atomic E-state index is 5.78. The summed E-state index contributed by atoms with van der Waals surface area (Å²) in [7, 11) is 0. The molecule has 0 amide bonds. The van der Waals surface area contributed by atoms with Gasteiger partial charge in [-0.1, -0.05) is 26.0 Å². The van der Waals surface area contributed by atoms with Gasteiger partial charge in [0.2, 0.25) is 5.88 Å². The zero-order valence-corrected chi connectivity index (χ0v) is 15.1. The molecule has 3 rings (SSSR count). The van der Waals surface area contributed by atoms with E-state index in [1.54, 1.807) is 6.07 Å². The second-order valence-electron chi connectivity index (χ2n) is 6.67. The summed E-state index contributed by atoms with van der Waals surface area (Å²) >= 11 is 3.56. The van der Waals surface area contributed by atoms with E-state index in [0.29, 0.717) is 11.6 Å². The van der Waals surface area contributed by atoms with Crippen LogP contribution in [0.3, 0.4) is 0 Å².